The summed E-state index contributed by atoms with van der Waals surface area (Å²) in [5, 5.41) is 0. The van der Waals surface area contributed by atoms with Gasteiger partial charge in [-0.3, -0.25) is 0 Å². The first-order valence-electron chi connectivity index (χ1n) is 4.16. The van der Waals surface area contributed by atoms with Crippen molar-refractivity contribution in [3.63, 3.8) is 0 Å². The van der Waals surface area contributed by atoms with Crippen molar-refractivity contribution in [3.8, 4) is 0 Å². The second-order valence-electron chi connectivity index (χ2n) is 4.14. The second-order valence-corrected chi connectivity index (χ2v) is 7.69. The molecule has 0 bridgehead atoms. The molecule has 0 aliphatic heterocycles. The van der Waals surface area contributed by atoms with Crippen LogP contribution in [0.4, 0.5) is 0 Å². The molecule has 0 amide bonds. The van der Waals surface area contributed by atoms with Gasteiger partial charge < -0.3 is 0 Å². The van der Waals surface area contributed by atoms with Crippen LogP contribution in [0.1, 0.15) is 25.6 Å². The Balaban J connectivity index is 2.57. The summed E-state index contributed by atoms with van der Waals surface area (Å²) >= 11 is 7.23. The lowest BCUT2D eigenvalue weighted by Crippen LogP contribution is -2.07. The fourth-order valence-corrected chi connectivity index (χ4v) is 4.26. The zero-order valence-electron chi connectivity index (χ0n) is 7.85. The molecule has 0 aliphatic rings. The lowest BCUT2D eigenvalue weighted by molar-refractivity contribution is 0.604. The number of hydrogen-bond acceptors (Lipinski definition) is 2. The molecule has 0 N–H and O–H groups in total. The van der Waals surface area contributed by atoms with E-state index in [4.69, 9.17) is 0 Å². The molecule has 2 aromatic heterocycles. The molecule has 0 fully saturated rings. The molecule has 3 heteroatoms. The third-order valence-corrected chi connectivity index (χ3v) is 5.14. The van der Waals surface area contributed by atoms with Crippen molar-refractivity contribution >= 4 is 48.0 Å². The summed E-state index contributed by atoms with van der Waals surface area (Å²) in [6.45, 7) is 6.78. The minimum Gasteiger partial charge on any atom is -0.139 e. The van der Waals surface area contributed by atoms with Crippen LogP contribution < -0.4 is 0 Å². The van der Waals surface area contributed by atoms with E-state index in [1.54, 1.807) is 0 Å². The van der Waals surface area contributed by atoms with Crippen molar-refractivity contribution < 1.29 is 0 Å². The van der Waals surface area contributed by atoms with E-state index >= 15 is 0 Å². The number of hydrogen-bond donors (Lipinski definition) is 0. The maximum Gasteiger partial charge on any atom is 0.0719 e. The molecule has 0 aliphatic carbocycles. The number of fused-ring (bicyclic) bond motifs is 1. The molecule has 2 aromatic rings. The van der Waals surface area contributed by atoms with E-state index in [2.05, 4.69) is 48.8 Å². The third kappa shape index (κ3) is 1.83. The van der Waals surface area contributed by atoms with Gasteiger partial charge in [-0.25, -0.2) is 0 Å². The van der Waals surface area contributed by atoms with Crippen LogP contribution in [-0.4, -0.2) is 0 Å². The summed E-state index contributed by atoms with van der Waals surface area (Å²) in [6.07, 6.45) is 0. The monoisotopic (exact) mass is 274 g/mol. The number of thiophene rings is 2. The Hall–Kier alpha value is 0.140. The Morgan fingerprint density at radius 1 is 1.08 bits per heavy atom. The minimum atomic E-state index is 0.288. The molecule has 2 rings (SSSR count). The van der Waals surface area contributed by atoms with Crippen molar-refractivity contribution in [3.05, 3.63) is 20.8 Å². The van der Waals surface area contributed by atoms with Crippen LogP contribution in [0.2, 0.25) is 0 Å². The van der Waals surface area contributed by atoms with Gasteiger partial charge in [-0.05, 0) is 33.5 Å². The maximum absolute atomic E-state index is 3.50. The van der Waals surface area contributed by atoms with Gasteiger partial charge in [-0.2, -0.15) is 0 Å². The van der Waals surface area contributed by atoms with Crippen LogP contribution in [0.5, 0.6) is 0 Å². The van der Waals surface area contributed by atoms with Crippen LogP contribution in [0.25, 0.3) is 9.40 Å². The van der Waals surface area contributed by atoms with E-state index in [0.29, 0.717) is 0 Å². The fourth-order valence-electron chi connectivity index (χ4n) is 1.18. The van der Waals surface area contributed by atoms with Gasteiger partial charge >= 0.3 is 0 Å². The van der Waals surface area contributed by atoms with Gasteiger partial charge in [0.15, 0.2) is 0 Å². The van der Waals surface area contributed by atoms with Gasteiger partial charge in [0, 0.05) is 14.3 Å². The Morgan fingerprint density at radius 3 is 2.23 bits per heavy atom. The molecule has 0 saturated carbocycles. The Kier molecular flexibility index (Phi) is 2.29. The normalized spacial score (nSPS) is 12.6. The zero-order valence-corrected chi connectivity index (χ0v) is 11.1. The molecule has 0 spiro atoms. The first-order valence-corrected chi connectivity index (χ1v) is 6.59. The summed E-state index contributed by atoms with van der Waals surface area (Å²) in [5.41, 5.74) is 0.288. The second kappa shape index (κ2) is 3.07. The van der Waals surface area contributed by atoms with Gasteiger partial charge in [0.2, 0.25) is 0 Å². The van der Waals surface area contributed by atoms with Crippen LogP contribution in [-0.2, 0) is 5.41 Å². The van der Waals surface area contributed by atoms with E-state index in [9.17, 15) is 0 Å². The van der Waals surface area contributed by atoms with Crippen LogP contribution in [0.3, 0.4) is 0 Å². The highest BCUT2D eigenvalue weighted by atomic mass is 79.9. The Bertz CT molecular complexity index is 400. The summed E-state index contributed by atoms with van der Waals surface area (Å²) in [6, 6.07) is 4.52. The van der Waals surface area contributed by atoms with Crippen molar-refractivity contribution in [1.82, 2.24) is 0 Å². The molecule has 70 valence electrons. The summed E-state index contributed by atoms with van der Waals surface area (Å²) in [5.74, 6) is 0. The van der Waals surface area contributed by atoms with Crippen molar-refractivity contribution in [1.29, 1.82) is 0 Å². The Labute approximate surface area is 94.7 Å². The molecule has 0 radical (unpaired) electrons. The maximum atomic E-state index is 3.50. The van der Waals surface area contributed by atoms with E-state index in [1.165, 1.54) is 18.1 Å². The molecule has 0 aromatic carbocycles. The molecule has 2 heterocycles. The molecule has 0 unspecified atom stereocenters. The van der Waals surface area contributed by atoms with Crippen LogP contribution in [0.15, 0.2) is 15.9 Å². The molecule has 0 atom stereocenters. The van der Waals surface area contributed by atoms with E-state index < -0.39 is 0 Å². The van der Waals surface area contributed by atoms with Gasteiger partial charge in [0.25, 0.3) is 0 Å². The first-order chi connectivity index (χ1) is 5.97. The molecular formula is C10H11BrS2. The highest BCUT2D eigenvalue weighted by Crippen LogP contribution is 2.39. The average molecular weight is 275 g/mol. The van der Waals surface area contributed by atoms with Crippen LogP contribution >= 0.6 is 38.6 Å². The molecule has 0 nitrogen and oxygen atoms in total. The van der Waals surface area contributed by atoms with Crippen molar-refractivity contribution in [2.45, 2.75) is 26.2 Å². The quantitative estimate of drug-likeness (QED) is 0.633. The third-order valence-electron chi connectivity index (χ3n) is 1.92. The Morgan fingerprint density at radius 2 is 1.69 bits per heavy atom. The van der Waals surface area contributed by atoms with Crippen LogP contribution in [0, 0.1) is 0 Å². The molecule has 13 heavy (non-hydrogen) atoms. The highest BCUT2D eigenvalue weighted by molar-refractivity contribution is 9.11. The van der Waals surface area contributed by atoms with Crippen molar-refractivity contribution in [2.24, 2.45) is 0 Å². The summed E-state index contributed by atoms with van der Waals surface area (Å²) in [4.78, 5) is 1.47. The van der Waals surface area contributed by atoms with Gasteiger partial charge in [-0.15, -0.1) is 22.7 Å². The van der Waals surface area contributed by atoms with E-state index in [1.807, 2.05) is 22.7 Å². The van der Waals surface area contributed by atoms with Gasteiger partial charge in [0.1, 0.15) is 0 Å². The highest BCUT2D eigenvalue weighted by Gasteiger charge is 2.17. The smallest absolute Gasteiger partial charge is 0.0719 e. The SMILES string of the molecule is CC(C)(C)c1cc2sc(Br)cc2s1. The van der Waals surface area contributed by atoms with E-state index in [0.717, 1.165) is 0 Å². The van der Waals surface area contributed by atoms with Crippen molar-refractivity contribution in [2.75, 3.05) is 0 Å². The molecular weight excluding hydrogens is 264 g/mol. The predicted octanol–water partition coefficient (Wildman–Crippen LogP) is 5.02. The number of rotatable bonds is 0. The fraction of sp³-hybridized carbons (Fsp3) is 0.400. The summed E-state index contributed by atoms with van der Waals surface area (Å²) < 4.78 is 4.04. The lowest BCUT2D eigenvalue weighted by atomic mass is 9.95. The van der Waals surface area contributed by atoms with Gasteiger partial charge in [-0.1, -0.05) is 20.8 Å². The molecule has 0 saturated heterocycles. The number of halogens is 1. The standard InChI is InChI=1S/C10H11BrS2/c1-10(2,3)8-4-6-7(12-8)5-9(11)13-6/h4-5H,1-3H3. The van der Waals surface area contributed by atoms with Gasteiger partial charge in [0.05, 0.1) is 3.79 Å². The largest absolute Gasteiger partial charge is 0.139 e. The minimum absolute atomic E-state index is 0.288. The van der Waals surface area contributed by atoms with E-state index in [-0.39, 0.29) is 5.41 Å². The predicted molar refractivity (Wildman–Crippen MR) is 66.1 cm³/mol. The first kappa shape index (κ1) is 9.69. The topological polar surface area (TPSA) is 0 Å². The zero-order chi connectivity index (χ0) is 9.64. The lowest BCUT2D eigenvalue weighted by Gasteiger charge is -2.14. The summed E-state index contributed by atoms with van der Waals surface area (Å²) in [7, 11) is 0. The average Bonchev–Trinajstić information content (AvgIpc) is 2.40.